The minimum atomic E-state index is -0.846. The van der Waals surface area contributed by atoms with Crippen molar-refractivity contribution >= 4 is 5.97 Å². The Morgan fingerprint density at radius 1 is 1.16 bits per heavy atom. The molecule has 0 aromatic carbocycles. The smallest absolute Gasteiger partial charge is 0.303 e. The minimum Gasteiger partial charge on any atom is -0.481 e. The highest BCUT2D eigenvalue weighted by molar-refractivity contribution is 5.66. The first-order valence-electron chi connectivity index (χ1n) is 9.55. The number of carboxylic acids is 1. The van der Waals surface area contributed by atoms with Crippen molar-refractivity contribution in [3.8, 4) is 0 Å². The van der Waals surface area contributed by atoms with Gasteiger partial charge in [0.15, 0.2) is 0 Å². The number of hydrogen-bond acceptors (Lipinski definition) is 4. The van der Waals surface area contributed by atoms with Crippen molar-refractivity contribution < 1.29 is 25.2 Å². The normalized spacial score (nSPS) is 28.2. The number of rotatable bonds is 12. The van der Waals surface area contributed by atoms with Crippen molar-refractivity contribution in [3.05, 3.63) is 24.3 Å². The summed E-state index contributed by atoms with van der Waals surface area (Å²) in [5.74, 6) is -1.23. The average Bonchev–Trinajstić information content (AvgIpc) is 2.82. The highest BCUT2D eigenvalue weighted by Crippen LogP contribution is 2.37. The van der Waals surface area contributed by atoms with Gasteiger partial charge >= 0.3 is 5.97 Å². The van der Waals surface area contributed by atoms with E-state index in [4.69, 9.17) is 5.11 Å². The molecule has 5 atom stereocenters. The fourth-order valence-electron chi connectivity index (χ4n) is 3.47. The van der Waals surface area contributed by atoms with Crippen LogP contribution in [0.2, 0.25) is 0 Å². The molecular weight excluding hydrogens is 320 g/mol. The summed E-state index contributed by atoms with van der Waals surface area (Å²) >= 11 is 0. The van der Waals surface area contributed by atoms with Crippen LogP contribution < -0.4 is 0 Å². The van der Waals surface area contributed by atoms with E-state index >= 15 is 0 Å². The Kier molecular flexibility index (Phi) is 10.7. The van der Waals surface area contributed by atoms with Crippen LogP contribution >= 0.6 is 0 Å². The van der Waals surface area contributed by atoms with Crippen LogP contribution in [0.15, 0.2) is 24.3 Å². The molecule has 1 rings (SSSR count). The van der Waals surface area contributed by atoms with Crippen LogP contribution in [0.1, 0.15) is 64.7 Å². The van der Waals surface area contributed by atoms with E-state index in [1.54, 1.807) is 12.2 Å². The van der Waals surface area contributed by atoms with Crippen LogP contribution in [0, 0.1) is 11.8 Å². The molecule has 0 saturated heterocycles. The predicted molar refractivity (Wildman–Crippen MR) is 98.1 cm³/mol. The van der Waals surface area contributed by atoms with Gasteiger partial charge in [-0.05, 0) is 38.0 Å². The van der Waals surface area contributed by atoms with Gasteiger partial charge in [-0.15, -0.1) is 0 Å². The summed E-state index contributed by atoms with van der Waals surface area (Å²) in [6.07, 6.45) is 12.3. The van der Waals surface area contributed by atoms with Crippen molar-refractivity contribution in [2.45, 2.75) is 83.0 Å². The van der Waals surface area contributed by atoms with Gasteiger partial charge in [-0.3, -0.25) is 4.79 Å². The Labute approximate surface area is 151 Å². The quantitative estimate of drug-likeness (QED) is 0.319. The molecule has 0 bridgehead atoms. The predicted octanol–water partition coefficient (Wildman–Crippen LogP) is 3.04. The van der Waals surface area contributed by atoms with Crippen molar-refractivity contribution in [2.24, 2.45) is 11.8 Å². The first-order chi connectivity index (χ1) is 12.0. The van der Waals surface area contributed by atoms with Gasteiger partial charge in [0.1, 0.15) is 0 Å². The average molecular weight is 354 g/mol. The summed E-state index contributed by atoms with van der Waals surface area (Å²) < 4.78 is 0. The Bertz CT molecular complexity index is 432. The molecule has 1 saturated carbocycles. The molecule has 1 aliphatic rings. The maximum absolute atomic E-state index is 10.6. The van der Waals surface area contributed by atoms with E-state index in [0.29, 0.717) is 25.7 Å². The lowest BCUT2D eigenvalue weighted by molar-refractivity contribution is -0.137. The minimum absolute atomic E-state index is 0.0706. The number of carboxylic acid groups (broad SMARTS) is 1. The summed E-state index contributed by atoms with van der Waals surface area (Å²) in [5, 5.41) is 39.0. The largest absolute Gasteiger partial charge is 0.481 e. The van der Waals surface area contributed by atoms with Crippen LogP contribution in [0.25, 0.3) is 0 Å². The van der Waals surface area contributed by atoms with Crippen LogP contribution in [-0.4, -0.2) is 44.7 Å². The van der Waals surface area contributed by atoms with E-state index in [1.165, 1.54) is 19.3 Å². The molecule has 0 aromatic rings. The molecule has 0 aliphatic heterocycles. The van der Waals surface area contributed by atoms with Crippen molar-refractivity contribution in [1.29, 1.82) is 0 Å². The lowest BCUT2D eigenvalue weighted by Crippen LogP contribution is -2.21. The zero-order chi connectivity index (χ0) is 18.7. The zero-order valence-corrected chi connectivity index (χ0v) is 15.3. The molecule has 0 spiro atoms. The number of carbonyl (C=O) groups is 1. The lowest BCUT2D eigenvalue weighted by Gasteiger charge is -2.20. The van der Waals surface area contributed by atoms with Gasteiger partial charge in [0, 0.05) is 18.8 Å². The topological polar surface area (TPSA) is 98.0 Å². The zero-order valence-electron chi connectivity index (χ0n) is 15.3. The number of hydrogen-bond donors (Lipinski definition) is 4. The van der Waals surface area contributed by atoms with Crippen LogP contribution in [0.5, 0.6) is 0 Å². The molecule has 4 N–H and O–H groups in total. The highest BCUT2D eigenvalue weighted by atomic mass is 16.4. The molecule has 5 nitrogen and oxygen atoms in total. The third-order valence-electron chi connectivity index (χ3n) is 4.92. The number of aliphatic carboxylic acids is 1. The fourth-order valence-corrected chi connectivity index (χ4v) is 3.47. The van der Waals surface area contributed by atoms with Gasteiger partial charge in [-0.1, -0.05) is 44.1 Å². The van der Waals surface area contributed by atoms with Crippen molar-refractivity contribution in [3.63, 3.8) is 0 Å². The molecule has 1 fully saturated rings. The van der Waals surface area contributed by atoms with Crippen LogP contribution in [-0.2, 0) is 4.79 Å². The second-order valence-electron chi connectivity index (χ2n) is 7.05. The Balaban J connectivity index is 2.44. The highest BCUT2D eigenvalue weighted by Gasteiger charge is 2.39. The lowest BCUT2D eigenvalue weighted by atomic mass is 9.88. The second kappa shape index (κ2) is 12.2. The van der Waals surface area contributed by atoms with E-state index in [0.717, 1.165) is 6.42 Å². The van der Waals surface area contributed by atoms with Gasteiger partial charge in [0.05, 0.1) is 18.3 Å². The van der Waals surface area contributed by atoms with Gasteiger partial charge in [-0.2, -0.15) is 0 Å². The van der Waals surface area contributed by atoms with E-state index < -0.39 is 24.3 Å². The fraction of sp³-hybridized carbons (Fsp3) is 0.750. The van der Waals surface area contributed by atoms with Gasteiger partial charge in [0.2, 0.25) is 0 Å². The van der Waals surface area contributed by atoms with Crippen molar-refractivity contribution in [2.75, 3.05) is 0 Å². The summed E-state index contributed by atoms with van der Waals surface area (Å²) in [6.45, 7) is 2.17. The number of aliphatic hydroxyl groups excluding tert-OH is 3. The maximum Gasteiger partial charge on any atom is 0.303 e. The molecule has 25 heavy (non-hydrogen) atoms. The Morgan fingerprint density at radius 3 is 2.60 bits per heavy atom. The molecule has 5 heteroatoms. The number of unbranched alkanes of at least 4 members (excludes halogenated alkanes) is 3. The molecule has 0 heterocycles. The second-order valence-corrected chi connectivity index (χ2v) is 7.05. The van der Waals surface area contributed by atoms with E-state index in [1.807, 2.05) is 6.08 Å². The maximum atomic E-state index is 10.6. The standard InChI is InChI=1S/C20H34O5/c1-2-3-4-5-6-7-9-15(21)12-13-17-16(10-8-11-20(24)25)18(22)14-19(17)23/h6-7,12-13,15-19,21-23H,2-5,8-11,14H2,1H3,(H,24,25)/b7-6-,13-12+/t15-,16+,17+,18+,19-/m1/s1. The molecule has 144 valence electrons. The molecule has 0 amide bonds. The Morgan fingerprint density at radius 2 is 1.92 bits per heavy atom. The summed E-state index contributed by atoms with van der Waals surface area (Å²) in [4.78, 5) is 10.6. The molecule has 0 aromatic heterocycles. The molecule has 1 aliphatic carbocycles. The molecule has 0 radical (unpaired) electrons. The number of aliphatic hydroxyl groups is 3. The Hall–Kier alpha value is -1.17. The molecule has 0 unspecified atom stereocenters. The first kappa shape index (κ1) is 21.9. The SMILES string of the molecule is CCCCC/C=C\C[C@@H](O)/C=C/[C@H]1[C@H](CCCC(=O)O)[C@@H](O)C[C@H]1O. The summed E-state index contributed by atoms with van der Waals surface area (Å²) in [5.41, 5.74) is 0. The van der Waals surface area contributed by atoms with E-state index in [9.17, 15) is 20.1 Å². The van der Waals surface area contributed by atoms with Crippen LogP contribution in [0.3, 0.4) is 0 Å². The monoisotopic (exact) mass is 354 g/mol. The van der Waals surface area contributed by atoms with E-state index in [2.05, 4.69) is 13.0 Å². The molecular formula is C20H34O5. The first-order valence-corrected chi connectivity index (χ1v) is 9.55. The third-order valence-corrected chi connectivity index (χ3v) is 4.92. The summed E-state index contributed by atoms with van der Waals surface area (Å²) in [6, 6.07) is 0. The third kappa shape index (κ3) is 8.66. The van der Waals surface area contributed by atoms with E-state index in [-0.39, 0.29) is 18.3 Å². The summed E-state index contributed by atoms with van der Waals surface area (Å²) in [7, 11) is 0. The van der Waals surface area contributed by atoms with Crippen LogP contribution in [0.4, 0.5) is 0 Å². The van der Waals surface area contributed by atoms with Gasteiger partial charge < -0.3 is 20.4 Å². The van der Waals surface area contributed by atoms with Crippen molar-refractivity contribution in [1.82, 2.24) is 0 Å². The van der Waals surface area contributed by atoms with Gasteiger partial charge in [0.25, 0.3) is 0 Å². The number of allylic oxidation sites excluding steroid dienone is 1. The van der Waals surface area contributed by atoms with Gasteiger partial charge in [-0.25, -0.2) is 0 Å².